The summed E-state index contributed by atoms with van der Waals surface area (Å²) in [5, 5.41) is 9.00. The summed E-state index contributed by atoms with van der Waals surface area (Å²) in [4.78, 5) is 17.0. The molecular formula is C33H53N5O2. The molecule has 0 bridgehead atoms. The van der Waals surface area contributed by atoms with Crippen molar-refractivity contribution in [3.8, 4) is 0 Å². The van der Waals surface area contributed by atoms with Crippen LogP contribution in [0.4, 0.5) is 0 Å². The maximum absolute atomic E-state index is 12.8. The number of hydrogen-bond donors (Lipinski definition) is 0. The molecule has 0 N–H and O–H groups in total. The molecule has 1 amide bonds. The Hall–Kier alpha value is -1.73. The van der Waals surface area contributed by atoms with Crippen LogP contribution < -0.4 is 0 Å². The van der Waals surface area contributed by atoms with Crippen LogP contribution in [0.1, 0.15) is 96.7 Å². The Morgan fingerprint density at radius 3 is 2.70 bits per heavy atom. The first kappa shape index (κ1) is 28.4. The van der Waals surface area contributed by atoms with Crippen molar-refractivity contribution in [1.82, 2.24) is 24.8 Å². The van der Waals surface area contributed by atoms with Crippen molar-refractivity contribution in [2.75, 3.05) is 40.4 Å². The molecule has 7 heteroatoms. The maximum Gasteiger partial charge on any atom is 0.222 e. The van der Waals surface area contributed by atoms with E-state index < -0.39 is 0 Å². The van der Waals surface area contributed by atoms with Crippen LogP contribution in [0.5, 0.6) is 0 Å². The van der Waals surface area contributed by atoms with E-state index in [0.717, 1.165) is 61.8 Å². The predicted octanol–water partition coefficient (Wildman–Crippen LogP) is 5.73. The lowest BCUT2D eigenvalue weighted by Gasteiger charge is -2.58. The number of ether oxygens (including phenoxy) is 1. The number of carbonyl (C=O) groups excluding carboxylic acids is 1. The number of rotatable bonds is 7. The highest BCUT2D eigenvalue weighted by molar-refractivity contribution is 5.76. The molecule has 0 spiro atoms. The zero-order chi connectivity index (χ0) is 28.1. The summed E-state index contributed by atoms with van der Waals surface area (Å²) in [5.41, 5.74) is 3.56. The summed E-state index contributed by atoms with van der Waals surface area (Å²) >= 11 is 0. The summed E-state index contributed by atoms with van der Waals surface area (Å²) in [7, 11) is 4.18. The third-order valence-electron chi connectivity index (χ3n) is 12.4. The number of hydrogen-bond acceptors (Lipinski definition) is 5. The maximum atomic E-state index is 12.8. The van der Waals surface area contributed by atoms with Gasteiger partial charge in [-0.15, -0.1) is 5.10 Å². The minimum atomic E-state index is 0.340. The van der Waals surface area contributed by atoms with Gasteiger partial charge in [0.25, 0.3) is 0 Å². The van der Waals surface area contributed by atoms with Crippen molar-refractivity contribution in [3.63, 3.8) is 0 Å². The first-order valence-electron chi connectivity index (χ1n) is 16.3. The Labute approximate surface area is 242 Å². The topological polar surface area (TPSA) is 63.5 Å². The lowest BCUT2D eigenvalue weighted by molar-refractivity contribution is -0.135. The highest BCUT2D eigenvalue weighted by atomic mass is 16.5. The van der Waals surface area contributed by atoms with Gasteiger partial charge >= 0.3 is 0 Å². The van der Waals surface area contributed by atoms with Gasteiger partial charge in [0.1, 0.15) is 0 Å². The molecule has 4 fully saturated rings. The molecule has 1 aromatic heterocycles. The zero-order valence-corrected chi connectivity index (χ0v) is 25.8. The number of carbonyl (C=O) groups is 1. The standard InChI is InChI=1S/C33H53N5O2/c1-23(6-11-31(39)37-16-18-40-19-17-37)28-9-10-29-27-8-7-24-20-26(38-22-25(34-35-38)21-36(4)5)12-14-32(24,2)30(27)13-15-33(28,29)3/h7,22-23,26-30H,6,8-21H2,1-5H3/t23?,26-,27+,28-,29+,30+,32+,33-/m1/s1. The van der Waals surface area contributed by atoms with Gasteiger partial charge in [-0.1, -0.05) is 37.6 Å². The van der Waals surface area contributed by atoms with E-state index >= 15 is 0 Å². The summed E-state index contributed by atoms with van der Waals surface area (Å²) in [6, 6.07) is 0.449. The van der Waals surface area contributed by atoms with E-state index in [0.29, 0.717) is 48.3 Å². The van der Waals surface area contributed by atoms with Crippen molar-refractivity contribution >= 4 is 5.91 Å². The average Bonchev–Trinajstić information content (AvgIpc) is 3.55. The second-order valence-corrected chi connectivity index (χ2v) is 14.8. The lowest BCUT2D eigenvalue weighted by Crippen LogP contribution is -2.50. The van der Waals surface area contributed by atoms with Gasteiger partial charge in [-0.3, -0.25) is 4.79 Å². The normalized spacial score (nSPS) is 38.4. The van der Waals surface area contributed by atoms with Gasteiger partial charge in [0.15, 0.2) is 0 Å². The smallest absolute Gasteiger partial charge is 0.222 e. The fraction of sp³-hybridized carbons (Fsp3) is 0.848. The van der Waals surface area contributed by atoms with Crippen LogP contribution in [0.3, 0.4) is 0 Å². The van der Waals surface area contributed by atoms with Gasteiger partial charge in [-0.05, 0) is 112 Å². The quantitative estimate of drug-likeness (QED) is 0.405. The molecule has 0 aromatic carbocycles. The van der Waals surface area contributed by atoms with Gasteiger partial charge < -0.3 is 14.5 Å². The van der Waals surface area contributed by atoms with E-state index in [1.165, 1.54) is 44.9 Å². The molecule has 40 heavy (non-hydrogen) atoms. The number of aromatic nitrogens is 3. The van der Waals surface area contributed by atoms with Crippen LogP contribution in [-0.2, 0) is 16.1 Å². The Bertz CT molecular complexity index is 1090. The Morgan fingerprint density at radius 2 is 1.93 bits per heavy atom. The zero-order valence-electron chi connectivity index (χ0n) is 25.8. The summed E-state index contributed by atoms with van der Waals surface area (Å²) in [6.45, 7) is 11.5. The Kier molecular flexibility index (Phi) is 7.92. The van der Waals surface area contributed by atoms with Gasteiger partial charge in [-0.25, -0.2) is 4.68 Å². The molecule has 0 radical (unpaired) electrons. The molecule has 3 saturated carbocycles. The molecule has 222 valence electrons. The molecule has 1 unspecified atom stereocenters. The van der Waals surface area contributed by atoms with E-state index in [4.69, 9.17) is 4.74 Å². The third kappa shape index (κ3) is 5.08. The van der Waals surface area contributed by atoms with Gasteiger partial charge in [-0.2, -0.15) is 0 Å². The van der Waals surface area contributed by atoms with Crippen LogP contribution in [0.2, 0.25) is 0 Å². The molecule has 5 aliphatic rings. The van der Waals surface area contributed by atoms with E-state index in [-0.39, 0.29) is 0 Å². The molecule has 8 atom stereocenters. The van der Waals surface area contributed by atoms with Crippen molar-refractivity contribution in [2.45, 2.75) is 97.6 Å². The minimum Gasteiger partial charge on any atom is -0.378 e. The van der Waals surface area contributed by atoms with Crippen LogP contribution in [0.25, 0.3) is 0 Å². The fourth-order valence-electron chi connectivity index (χ4n) is 10.3. The van der Waals surface area contributed by atoms with Gasteiger partial charge in [0, 0.05) is 26.1 Å². The highest BCUT2D eigenvalue weighted by Crippen LogP contribution is 2.67. The second kappa shape index (κ2) is 11.2. The minimum absolute atomic E-state index is 0.340. The molecular weight excluding hydrogens is 498 g/mol. The predicted molar refractivity (Wildman–Crippen MR) is 157 cm³/mol. The number of morpholine rings is 1. The third-order valence-corrected chi connectivity index (χ3v) is 12.4. The summed E-state index contributed by atoms with van der Waals surface area (Å²) < 4.78 is 7.61. The van der Waals surface area contributed by atoms with Crippen LogP contribution >= 0.6 is 0 Å². The SMILES string of the molecule is CC(CCC(=O)N1CCOCC1)[C@H]1CC[C@H]2[C@@H]3CC=C4C[C@H](n5cc(CN(C)C)nn5)CC[C@]4(C)[C@H]3CC[C@]12C. The van der Waals surface area contributed by atoms with Crippen molar-refractivity contribution in [3.05, 3.63) is 23.5 Å². The summed E-state index contributed by atoms with van der Waals surface area (Å²) in [6.07, 6.45) is 17.0. The second-order valence-electron chi connectivity index (χ2n) is 14.8. The molecule has 2 heterocycles. The fourth-order valence-corrected chi connectivity index (χ4v) is 10.3. The molecule has 1 saturated heterocycles. The van der Waals surface area contributed by atoms with Gasteiger partial charge in [0.2, 0.25) is 5.91 Å². The molecule has 1 aromatic rings. The van der Waals surface area contributed by atoms with E-state index in [1.807, 2.05) is 4.90 Å². The van der Waals surface area contributed by atoms with Crippen LogP contribution in [0.15, 0.2) is 17.8 Å². The first-order chi connectivity index (χ1) is 19.2. The lowest BCUT2D eigenvalue weighted by atomic mass is 9.47. The molecule has 7 nitrogen and oxygen atoms in total. The average molecular weight is 552 g/mol. The highest BCUT2D eigenvalue weighted by Gasteiger charge is 2.59. The molecule has 6 rings (SSSR count). The van der Waals surface area contributed by atoms with Gasteiger partial charge in [0.05, 0.1) is 31.1 Å². The number of fused-ring (bicyclic) bond motifs is 5. The molecule has 1 aliphatic heterocycles. The molecule has 4 aliphatic carbocycles. The largest absolute Gasteiger partial charge is 0.378 e. The Morgan fingerprint density at radius 1 is 1.12 bits per heavy atom. The monoisotopic (exact) mass is 551 g/mol. The number of allylic oxidation sites excluding steroid dienone is 2. The van der Waals surface area contributed by atoms with E-state index in [2.05, 4.69) is 67.0 Å². The van der Waals surface area contributed by atoms with Crippen LogP contribution in [-0.4, -0.2) is 71.1 Å². The van der Waals surface area contributed by atoms with E-state index in [9.17, 15) is 4.79 Å². The number of nitrogens with zero attached hydrogens (tertiary/aromatic N) is 5. The summed E-state index contributed by atoms with van der Waals surface area (Å²) in [5.74, 6) is 4.21. The van der Waals surface area contributed by atoms with Crippen molar-refractivity contribution < 1.29 is 9.53 Å². The Balaban J connectivity index is 1.10. The van der Waals surface area contributed by atoms with Crippen LogP contribution in [0, 0.1) is 40.4 Å². The van der Waals surface area contributed by atoms with Crippen molar-refractivity contribution in [2.24, 2.45) is 40.4 Å². The van der Waals surface area contributed by atoms with E-state index in [1.54, 1.807) is 5.57 Å². The first-order valence-corrected chi connectivity index (χ1v) is 16.3. The number of amides is 1. The van der Waals surface area contributed by atoms with Crippen molar-refractivity contribution in [1.29, 1.82) is 0 Å².